The summed E-state index contributed by atoms with van der Waals surface area (Å²) in [7, 11) is 0. The van der Waals surface area contributed by atoms with Gasteiger partial charge in [-0.25, -0.2) is 14.8 Å². The van der Waals surface area contributed by atoms with Crippen LogP contribution in [0.2, 0.25) is 0 Å². The lowest BCUT2D eigenvalue weighted by atomic mass is 9.89. The monoisotopic (exact) mass is 346 g/mol. The predicted octanol–water partition coefficient (Wildman–Crippen LogP) is 1.75. The molecule has 7 nitrogen and oxygen atoms in total. The van der Waals surface area contributed by atoms with Gasteiger partial charge in [0.25, 0.3) is 5.91 Å². The van der Waals surface area contributed by atoms with Crippen molar-refractivity contribution >= 4 is 33.5 Å². The number of amides is 3. The molecule has 2 aromatic rings. The molecule has 126 valence electrons. The third-order valence-electron chi connectivity index (χ3n) is 4.55. The van der Waals surface area contributed by atoms with E-state index in [4.69, 9.17) is 4.74 Å². The number of nitrogens with zero attached hydrogens (tertiary/aromatic N) is 3. The van der Waals surface area contributed by atoms with Gasteiger partial charge in [-0.3, -0.25) is 9.69 Å². The fourth-order valence-corrected chi connectivity index (χ4v) is 4.61. The Labute approximate surface area is 143 Å². The largest absolute Gasteiger partial charge is 0.467 e. The summed E-state index contributed by atoms with van der Waals surface area (Å²) in [5, 5.41) is 3.54. The molecule has 4 rings (SSSR count). The Morgan fingerprint density at radius 1 is 1.50 bits per heavy atom. The molecular formula is C16H18N4O3S. The maximum absolute atomic E-state index is 12.1. The summed E-state index contributed by atoms with van der Waals surface area (Å²) in [5.74, 6) is 0.771. The number of urea groups is 1. The summed E-state index contributed by atoms with van der Waals surface area (Å²) in [6.07, 6.45) is 4.65. The zero-order valence-corrected chi connectivity index (χ0v) is 14.2. The maximum atomic E-state index is 12.1. The van der Waals surface area contributed by atoms with Crippen molar-refractivity contribution in [2.45, 2.75) is 26.2 Å². The van der Waals surface area contributed by atoms with Crippen LogP contribution in [0.1, 0.15) is 23.8 Å². The minimum absolute atomic E-state index is 0.194. The Hall–Kier alpha value is -2.22. The lowest BCUT2D eigenvalue weighted by Gasteiger charge is -2.18. The minimum atomic E-state index is -0.363. The highest BCUT2D eigenvalue weighted by Gasteiger charge is 2.27. The molecule has 2 aromatic heterocycles. The van der Waals surface area contributed by atoms with Crippen molar-refractivity contribution < 1.29 is 14.3 Å². The lowest BCUT2D eigenvalue weighted by molar-refractivity contribution is -0.129. The first kappa shape index (κ1) is 15.3. The van der Waals surface area contributed by atoms with Gasteiger partial charge >= 0.3 is 6.03 Å². The minimum Gasteiger partial charge on any atom is -0.467 e. The molecule has 0 bridgehead atoms. The molecule has 2 aliphatic rings. The van der Waals surface area contributed by atoms with Crippen molar-refractivity contribution in [1.82, 2.24) is 20.2 Å². The second-order valence-corrected chi connectivity index (χ2v) is 7.36. The molecule has 0 spiro atoms. The van der Waals surface area contributed by atoms with Gasteiger partial charge in [-0.05, 0) is 30.7 Å². The van der Waals surface area contributed by atoms with Gasteiger partial charge < -0.3 is 10.1 Å². The van der Waals surface area contributed by atoms with Crippen molar-refractivity contribution in [3.63, 3.8) is 0 Å². The summed E-state index contributed by atoms with van der Waals surface area (Å²) in [6.45, 7) is 2.93. The van der Waals surface area contributed by atoms with Gasteiger partial charge in [0.15, 0.2) is 6.61 Å². The Kier molecular flexibility index (Phi) is 3.84. The normalized spacial score (nSPS) is 20.1. The number of aryl methyl sites for hydroxylation is 1. The van der Waals surface area contributed by atoms with E-state index in [1.807, 2.05) is 0 Å². The number of aromatic nitrogens is 2. The van der Waals surface area contributed by atoms with Crippen LogP contribution in [0.4, 0.5) is 4.79 Å². The fourth-order valence-electron chi connectivity index (χ4n) is 3.27. The summed E-state index contributed by atoms with van der Waals surface area (Å²) in [4.78, 5) is 35.7. The zero-order chi connectivity index (χ0) is 16.7. The number of ether oxygens (including phenoxy) is 1. The van der Waals surface area contributed by atoms with Crippen molar-refractivity contribution in [3.8, 4) is 5.88 Å². The average molecular weight is 346 g/mol. The van der Waals surface area contributed by atoms with Crippen molar-refractivity contribution in [1.29, 1.82) is 0 Å². The Balaban J connectivity index is 1.58. The van der Waals surface area contributed by atoms with Gasteiger partial charge in [-0.2, -0.15) is 0 Å². The van der Waals surface area contributed by atoms with Crippen LogP contribution in [0.3, 0.4) is 0 Å². The number of fused-ring (bicyclic) bond motifs is 3. The highest BCUT2D eigenvalue weighted by atomic mass is 32.1. The van der Waals surface area contributed by atoms with Crippen LogP contribution in [0.5, 0.6) is 5.88 Å². The third-order valence-corrected chi connectivity index (χ3v) is 5.71. The van der Waals surface area contributed by atoms with Gasteiger partial charge in [-0.15, -0.1) is 11.3 Å². The molecule has 3 heterocycles. The highest BCUT2D eigenvalue weighted by molar-refractivity contribution is 7.18. The molecule has 24 heavy (non-hydrogen) atoms. The standard InChI is InChI=1S/C16H18N4O3S/c1-9-2-3-10-11(6-9)24-15-13(10)14(18-8-19-15)23-7-12(21)20-5-4-17-16(20)22/h8-9H,2-7H2,1H3,(H,17,22)/t9-/m0/s1. The van der Waals surface area contributed by atoms with Gasteiger partial charge in [0.2, 0.25) is 5.88 Å². The van der Waals surface area contributed by atoms with E-state index in [-0.39, 0.29) is 18.5 Å². The number of carbonyl (C=O) groups is 2. The smallest absolute Gasteiger partial charge is 0.324 e. The molecule has 1 saturated heterocycles. The SMILES string of the molecule is C[C@H]1CCc2c(sc3ncnc(OCC(=O)N4CCNC4=O)c23)C1. The first-order valence-corrected chi connectivity index (χ1v) is 8.91. The molecule has 3 amide bonds. The molecule has 1 fully saturated rings. The van der Waals surface area contributed by atoms with Gasteiger partial charge in [0.1, 0.15) is 11.2 Å². The van der Waals surface area contributed by atoms with E-state index in [9.17, 15) is 9.59 Å². The fraction of sp³-hybridized carbons (Fsp3) is 0.500. The van der Waals surface area contributed by atoms with Crippen molar-refractivity contribution in [2.75, 3.05) is 19.7 Å². The quantitative estimate of drug-likeness (QED) is 0.915. The zero-order valence-electron chi connectivity index (χ0n) is 13.4. The topological polar surface area (TPSA) is 84.4 Å². The molecule has 1 N–H and O–H groups in total. The summed E-state index contributed by atoms with van der Waals surface area (Å²) in [5.41, 5.74) is 1.26. The van der Waals surface area contributed by atoms with E-state index in [1.54, 1.807) is 11.3 Å². The Bertz CT molecular complexity index is 819. The Morgan fingerprint density at radius 3 is 3.17 bits per heavy atom. The summed E-state index contributed by atoms with van der Waals surface area (Å²) >= 11 is 1.69. The number of hydrogen-bond acceptors (Lipinski definition) is 6. The van der Waals surface area contributed by atoms with Crippen LogP contribution in [0.25, 0.3) is 10.2 Å². The van der Waals surface area contributed by atoms with E-state index in [0.29, 0.717) is 24.9 Å². The van der Waals surface area contributed by atoms with Crippen LogP contribution < -0.4 is 10.1 Å². The van der Waals surface area contributed by atoms with Crippen LogP contribution in [0, 0.1) is 5.92 Å². The van der Waals surface area contributed by atoms with Crippen LogP contribution in [-0.4, -0.2) is 46.5 Å². The van der Waals surface area contributed by atoms with E-state index in [1.165, 1.54) is 21.7 Å². The summed E-state index contributed by atoms with van der Waals surface area (Å²) in [6, 6.07) is -0.363. The molecule has 0 aromatic carbocycles. The second kappa shape index (κ2) is 6.01. The molecule has 1 aliphatic carbocycles. The van der Waals surface area contributed by atoms with E-state index >= 15 is 0 Å². The molecule has 0 radical (unpaired) electrons. The molecule has 1 aliphatic heterocycles. The molecule has 0 unspecified atom stereocenters. The van der Waals surface area contributed by atoms with Gasteiger partial charge in [0, 0.05) is 18.0 Å². The first-order valence-electron chi connectivity index (χ1n) is 8.09. The number of carbonyl (C=O) groups excluding carboxylic acids is 2. The van der Waals surface area contributed by atoms with E-state index < -0.39 is 0 Å². The number of imide groups is 1. The van der Waals surface area contributed by atoms with Crippen molar-refractivity contribution in [2.24, 2.45) is 5.92 Å². The molecule has 8 heteroatoms. The van der Waals surface area contributed by atoms with Crippen molar-refractivity contribution in [3.05, 3.63) is 16.8 Å². The number of thiophene rings is 1. The lowest BCUT2D eigenvalue weighted by Crippen LogP contribution is -2.37. The van der Waals surface area contributed by atoms with E-state index in [2.05, 4.69) is 22.2 Å². The summed E-state index contributed by atoms with van der Waals surface area (Å²) < 4.78 is 5.68. The van der Waals surface area contributed by atoms with Gasteiger partial charge in [0.05, 0.1) is 5.39 Å². The number of rotatable bonds is 3. The molecule has 0 saturated carbocycles. The van der Waals surface area contributed by atoms with E-state index in [0.717, 1.165) is 29.5 Å². The Morgan fingerprint density at radius 2 is 2.38 bits per heavy atom. The van der Waals surface area contributed by atoms with Crippen LogP contribution in [0.15, 0.2) is 6.33 Å². The number of nitrogens with one attached hydrogen (secondary N) is 1. The number of hydrogen-bond donors (Lipinski definition) is 1. The van der Waals surface area contributed by atoms with Crippen LogP contribution in [-0.2, 0) is 17.6 Å². The van der Waals surface area contributed by atoms with Crippen LogP contribution >= 0.6 is 11.3 Å². The highest BCUT2D eigenvalue weighted by Crippen LogP contribution is 2.40. The molecule has 1 atom stereocenters. The first-order chi connectivity index (χ1) is 11.6. The second-order valence-electron chi connectivity index (χ2n) is 6.28. The van der Waals surface area contributed by atoms with Gasteiger partial charge in [-0.1, -0.05) is 6.92 Å². The average Bonchev–Trinajstić information content (AvgIpc) is 3.15. The molecular weight excluding hydrogens is 328 g/mol. The predicted molar refractivity (Wildman–Crippen MR) is 89.2 cm³/mol. The maximum Gasteiger partial charge on any atom is 0.324 e. The third kappa shape index (κ3) is 2.60.